The van der Waals surface area contributed by atoms with Gasteiger partial charge in [0, 0.05) is 6.04 Å². The largest absolute Gasteiger partial charge is 0.471 e. The molecule has 1 unspecified atom stereocenters. The van der Waals surface area contributed by atoms with Crippen LogP contribution in [0.25, 0.3) is 0 Å². The topological polar surface area (TPSA) is 29.1 Å². The molecule has 1 amide bonds. The maximum Gasteiger partial charge on any atom is 0.471 e. The van der Waals surface area contributed by atoms with Crippen molar-refractivity contribution in [2.45, 2.75) is 51.7 Å². The lowest BCUT2D eigenvalue weighted by Crippen LogP contribution is -2.46. The average molecular weight is 223 g/mol. The van der Waals surface area contributed by atoms with Gasteiger partial charge in [-0.3, -0.25) is 4.79 Å². The Morgan fingerprint density at radius 1 is 1.40 bits per heavy atom. The van der Waals surface area contributed by atoms with Crippen molar-refractivity contribution in [2.75, 3.05) is 0 Å². The molecule has 0 aromatic rings. The molecule has 0 aromatic heterocycles. The minimum Gasteiger partial charge on any atom is -0.346 e. The molecule has 1 fully saturated rings. The second kappa shape index (κ2) is 4.02. The number of amides is 1. The molecule has 0 aromatic carbocycles. The van der Waals surface area contributed by atoms with Gasteiger partial charge in [0.1, 0.15) is 0 Å². The van der Waals surface area contributed by atoms with Gasteiger partial charge in [0.25, 0.3) is 0 Å². The summed E-state index contributed by atoms with van der Waals surface area (Å²) in [5, 5.41) is 2.05. The smallest absolute Gasteiger partial charge is 0.346 e. The number of nitrogens with one attached hydrogen (secondary N) is 1. The molecule has 0 saturated heterocycles. The number of carbonyl (C=O) groups excluding carboxylic acids is 1. The normalized spacial score (nSPS) is 26.1. The van der Waals surface area contributed by atoms with E-state index in [0.717, 1.165) is 12.8 Å². The van der Waals surface area contributed by atoms with Gasteiger partial charge >= 0.3 is 12.1 Å². The van der Waals surface area contributed by atoms with E-state index in [1.165, 1.54) is 0 Å². The summed E-state index contributed by atoms with van der Waals surface area (Å²) in [5.74, 6) is -1.81. The van der Waals surface area contributed by atoms with Gasteiger partial charge in [-0.25, -0.2) is 0 Å². The fourth-order valence-electron chi connectivity index (χ4n) is 2.09. The molecule has 1 aliphatic carbocycles. The number of halogens is 3. The Hall–Kier alpha value is -0.740. The zero-order valence-corrected chi connectivity index (χ0v) is 8.95. The number of hydrogen-bond acceptors (Lipinski definition) is 1. The fraction of sp³-hybridized carbons (Fsp3) is 0.900. The van der Waals surface area contributed by atoms with E-state index in [-0.39, 0.29) is 11.5 Å². The van der Waals surface area contributed by atoms with Crippen molar-refractivity contribution in [2.24, 2.45) is 5.41 Å². The molecule has 88 valence electrons. The second-order valence-corrected chi connectivity index (χ2v) is 4.93. The predicted molar refractivity (Wildman–Crippen MR) is 50.2 cm³/mol. The highest BCUT2D eigenvalue weighted by Crippen LogP contribution is 2.35. The first kappa shape index (κ1) is 12.3. The molecule has 0 bridgehead atoms. The highest BCUT2D eigenvalue weighted by Gasteiger charge is 2.40. The van der Waals surface area contributed by atoms with Crippen LogP contribution in [0, 0.1) is 5.41 Å². The average Bonchev–Trinajstić information content (AvgIpc) is 2.00. The molecule has 0 spiro atoms. The number of alkyl halides is 3. The van der Waals surface area contributed by atoms with E-state index >= 15 is 0 Å². The van der Waals surface area contributed by atoms with E-state index in [4.69, 9.17) is 0 Å². The van der Waals surface area contributed by atoms with Gasteiger partial charge in [-0.2, -0.15) is 13.2 Å². The third-order valence-electron chi connectivity index (χ3n) is 2.80. The van der Waals surface area contributed by atoms with E-state index in [2.05, 4.69) is 5.32 Å². The van der Waals surface area contributed by atoms with Gasteiger partial charge in [-0.05, 0) is 24.7 Å². The second-order valence-electron chi connectivity index (χ2n) is 4.93. The number of hydrogen-bond donors (Lipinski definition) is 1. The van der Waals surface area contributed by atoms with E-state index in [9.17, 15) is 18.0 Å². The maximum absolute atomic E-state index is 12.0. The molecular formula is C10H16F3NO. The van der Waals surface area contributed by atoms with Gasteiger partial charge in [0.15, 0.2) is 0 Å². The molecular weight excluding hydrogens is 207 g/mol. The Kier molecular flexibility index (Phi) is 3.31. The van der Waals surface area contributed by atoms with Crippen molar-refractivity contribution < 1.29 is 18.0 Å². The Morgan fingerprint density at radius 3 is 2.47 bits per heavy atom. The van der Waals surface area contributed by atoms with Crippen molar-refractivity contribution in [3.8, 4) is 0 Å². The number of carbonyl (C=O) groups is 1. The molecule has 0 heterocycles. The molecule has 15 heavy (non-hydrogen) atoms. The highest BCUT2D eigenvalue weighted by atomic mass is 19.4. The summed E-state index contributed by atoms with van der Waals surface area (Å²) in [6, 6.07) is -0.331. The Bertz CT molecular complexity index is 248. The summed E-state index contributed by atoms with van der Waals surface area (Å²) in [4.78, 5) is 10.7. The summed E-state index contributed by atoms with van der Waals surface area (Å²) >= 11 is 0. The zero-order chi connectivity index (χ0) is 11.7. The van der Waals surface area contributed by atoms with Crippen LogP contribution in [0.1, 0.15) is 39.5 Å². The van der Waals surface area contributed by atoms with Crippen LogP contribution in [-0.4, -0.2) is 18.1 Å². The Morgan fingerprint density at radius 2 is 2.00 bits per heavy atom. The lowest BCUT2D eigenvalue weighted by atomic mass is 9.75. The van der Waals surface area contributed by atoms with Crippen molar-refractivity contribution in [1.82, 2.24) is 5.32 Å². The molecule has 1 rings (SSSR count). The first-order valence-corrected chi connectivity index (χ1v) is 5.08. The minimum absolute atomic E-state index is 0.0296. The third-order valence-corrected chi connectivity index (χ3v) is 2.80. The van der Waals surface area contributed by atoms with Crippen LogP contribution < -0.4 is 5.32 Å². The molecule has 1 N–H and O–H groups in total. The van der Waals surface area contributed by atoms with E-state index < -0.39 is 12.1 Å². The van der Waals surface area contributed by atoms with E-state index in [1.807, 2.05) is 13.8 Å². The predicted octanol–water partition coefficient (Wildman–Crippen LogP) is 2.63. The van der Waals surface area contributed by atoms with Crippen LogP contribution in [0.4, 0.5) is 13.2 Å². The quantitative estimate of drug-likeness (QED) is 0.727. The van der Waals surface area contributed by atoms with Crippen LogP contribution in [0.3, 0.4) is 0 Å². The molecule has 1 saturated carbocycles. The van der Waals surface area contributed by atoms with Crippen molar-refractivity contribution >= 4 is 5.91 Å². The van der Waals surface area contributed by atoms with Gasteiger partial charge in [0.05, 0.1) is 0 Å². The van der Waals surface area contributed by atoms with Crippen molar-refractivity contribution in [1.29, 1.82) is 0 Å². The maximum atomic E-state index is 12.0. The summed E-state index contributed by atoms with van der Waals surface area (Å²) in [5.41, 5.74) is 0.0296. The SMILES string of the molecule is CC1(C)CCCC(NC(=O)C(F)(F)F)C1. The van der Waals surface area contributed by atoms with Gasteiger partial charge in [-0.15, -0.1) is 0 Å². The van der Waals surface area contributed by atoms with E-state index in [0.29, 0.717) is 12.8 Å². The summed E-state index contributed by atoms with van der Waals surface area (Å²) < 4.78 is 36.0. The van der Waals surface area contributed by atoms with Gasteiger partial charge in [0.2, 0.25) is 0 Å². The highest BCUT2D eigenvalue weighted by molar-refractivity contribution is 5.81. The van der Waals surface area contributed by atoms with Crippen molar-refractivity contribution in [3.63, 3.8) is 0 Å². The standard InChI is InChI=1S/C10H16F3NO/c1-9(2)5-3-4-7(6-9)14-8(15)10(11,12)13/h7H,3-6H2,1-2H3,(H,14,15). The molecule has 0 radical (unpaired) electrons. The summed E-state index contributed by atoms with van der Waals surface area (Å²) in [6.07, 6.45) is -1.62. The molecule has 0 aliphatic heterocycles. The Balaban J connectivity index is 2.49. The monoisotopic (exact) mass is 223 g/mol. The van der Waals surface area contributed by atoms with Gasteiger partial charge < -0.3 is 5.32 Å². The van der Waals surface area contributed by atoms with Crippen LogP contribution in [0.2, 0.25) is 0 Å². The molecule has 1 aliphatic rings. The van der Waals surface area contributed by atoms with E-state index in [1.54, 1.807) is 0 Å². The summed E-state index contributed by atoms with van der Waals surface area (Å²) in [6.45, 7) is 4.03. The molecule has 1 atom stereocenters. The van der Waals surface area contributed by atoms with Crippen LogP contribution >= 0.6 is 0 Å². The first-order chi connectivity index (χ1) is 6.71. The Labute approximate surface area is 87.2 Å². The zero-order valence-electron chi connectivity index (χ0n) is 8.95. The molecule has 5 heteroatoms. The first-order valence-electron chi connectivity index (χ1n) is 5.08. The van der Waals surface area contributed by atoms with Crippen LogP contribution in [0.15, 0.2) is 0 Å². The number of rotatable bonds is 1. The van der Waals surface area contributed by atoms with Crippen LogP contribution in [0.5, 0.6) is 0 Å². The van der Waals surface area contributed by atoms with Crippen molar-refractivity contribution in [3.05, 3.63) is 0 Å². The fourth-order valence-corrected chi connectivity index (χ4v) is 2.09. The lowest BCUT2D eigenvalue weighted by molar-refractivity contribution is -0.174. The lowest BCUT2D eigenvalue weighted by Gasteiger charge is -2.35. The molecule has 2 nitrogen and oxygen atoms in total. The third kappa shape index (κ3) is 3.72. The van der Waals surface area contributed by atoms with Gasteiger partial charge in [-0.1, -0.05) is 20.3 Å². The minimum atomic E-state index is -4.76. The summed E-state index contributed by atoms with van der Waals surface area (Å²) in [7, 11) is 0. The van der Waals surface area contributed by atoms with Crippen LogP contribution in [-0.2, 0) is 4.79 Å².